The Labute approximate surface area is 73.4 Å². The van der Waals surface area contributed by atoms with E-state index in [1.165, 1.54) is 11.3 Å². The highest BCUT2D eigenvalue weighted by atomic mass is 35.5. The molecule has 0 saturated carbocycles. The molecule has 0 aliphatic carbocycles. The summed E-state index contributed by atoms with van der Waals surface area (Å²) in [5.74, 6) is -0.817. The minimum absolute atomic E-state index is 0.0677. The van der Waals surface area contributed by atoms with Gasteiger partial charge < -0.3 is 5.11 Å². The lowest BCUT2D eigenvalue weighted by Crippen LogP contribution is -1.96. The molecule has 0 amide bonds. The van der Waals surface area contributed by atoms with Crippen LogP contribution < -0.4 is 0 Å². The maximum absolute atomic E-state index is 10.3. The molecule has 1 N–H and O–H groups in total. The molecule has 2 nitrogen and oxygen atoms in total. The summed E-state index contributed by atoms with van der Waals surface area (Å²) in [6.07, 6.45) is 0.0677. The smallest absolute Gasteiger partial charge is 0.308 e. The Hall–Kier alpha value is -0.540. The van der Waals surface area contributed by atoms with Gasteiger partial charge in [0.1, 0.15) is 0 Å². The van der Waals surface area contributed by atoms with Gasteiger partial charge in [0.25, 0.3) is 0 Å². The molecule has 1 aromatic heterocycles. The van der Waals surface area contributed by atoms with E-state index in [4.69, 9.17) is 16.7 Å². The van der Waals surface area contributed by atoms with Crippen molar-refractivity contribution >= 4 is 28.9 Å². The fourth-order valence-electron chi connectivity index (χ4n) is 0.754. The summed E-state index contributed by atoms with van der Waals surface area (Å²) in [5.41, 5.74) is 0. The van der Waals surface area contributed by atoms with Gasteiger partial charge in [0.15, 0.2) is 0 Å². The first kappa shape index (κ1) is 8.56. The van der Waals surface area contributed by atoms with Crippen molar-refractivity contribution < 1.29 is 9.90 Å². The Morgan fingerprint density at radius 1 is 1.82 bits per heavy atom. The number of carboxylic acid groups (broad SMARTS) is 1. The van der Waals surface area contributed by atoms with Gasteiger partial charge >= 0.3 is 5.97 Å². The summed E-state index contributed by atoms with van der Waals surface area (Å²) >= 11 is 7.16. The zero-order chi connectivity index (χ0) is 8.43. The Bertz CT molecular complexity index is 260. The summed E-state index contributed by atoms with van der Waals surface area (Å²) in [4.78, 5) is 12.0. The summed E-state index contributed by atoms with van der Waals surface area (Å²) in [7, 11) is 0. The van der Waals surface area contributed by atoms with E-state index in [0.29, 0.717) is 5.02 Å². The number of aliphatic carboxylic acids is 1. The molecule has 0 bridgehead atoms. The SMILES string of the molecule is Cc1sc(CC(=O)O)cc1Cl. The van der Waals surface area contributed by atoms with Crippen molar-refractivity contribution in [2.24, 2.45) is 0 Å². The second-order valence-electron chi connectivity index (χ2n) is 2.19. The quantitative estimate of drug-likeness (QED) is 0.778. The summed E-state index contributed by atoms with van der Waals surface area (Å²) in [5, 5.41) is 9.09. The van der Waals surface area contributed by atoms with Gasteiger partial charge in [0.05, 0.1) is 11.4 Å². The van der Waals surface area contributed by atoms with Crippen LogP contribution in [0.4, 0.5) is 0 Å². The highest BCUT2D eigenvalue weighted by molar-refractivity contribution is 7.12. The first-order valence-electron chi connectivity index (χ1n) is 3.06. The monoisotopic (exact) mass is 190 g/mol. The lowest BCUT2D eigenvalue weighted by molar-refractivity contribution is -0.136. The first-order chi connectivity index (χ1) is 5.09. The fourth-order valence-corrected chi connectivity index (χ4v) is 1.99. The molecule has 11 heavy (non-hydrogen) atoms. The third-order valence-corrected chi connectivity index (χ3v) is 2.79. The average molecular weight is 191 g/mol. The van der Waals surface area contributed by atoms with Crippen LogP contribution in [0.2, 0.25) is 5.02 Å². The fraction of sp³-hybridized carbons (Fsp3) is 0.286. The molecule has 0 spiro atoms. The predicted molar refractivity (Wildman–Crippen MR) is 45.4 cm³/mol. The van der Waals surface area contributed by atoms with E-state index in [1.807, 2.05) is 6.92 Å². The zero-order valence-electron chi connectivity index (χ0n) is 5.93. The number of halogens is 1. The van der Waals surface area contributed by atoms with Crippen molar-refractivity contribution in [2.45, 2.75) is 13.3 Å². The van der Waals surface area contributed by atoms with Gasteiger partial charge in [-0.15, -0.1) is 11.3 Å². The first-order valence-corrected chi connectivity index (χ1v) is 4.25. The van der Waals surface area contributed by atoms with Crippen LogP contribution in [-0.4, -0.2) is 11.1 Å². The van der Waals surface area contributed by atoms with Crippen LogP contribution >= 0.6 is 22.9 Å². The van der Waals surface area contributed by atoms with Crippen molar-refractivity contribution in [1.82, 2.24) is 0 Å². The van der Waals surface area contributed by atoms with E-state index in [1.54, 1.807) is 6.07 Å². The molecule has 0 saturated heterocycles. The van der Waals surface area contributed by atoms with Crippen LogP contribution in [0.25, 0.3) is 0 Å². The lowest BCUT2D eigenvalue weighted by atomic mass is 10.3. The topological polar surface area (TPSA) is 37.3 Å². The Balaban J connectivity index is 2.81. The number of carboxylic acids is 1. The molecule has 0 unspecified atom stereocenters. The number of hydrogen-bond donors (Lipinski definition) is 1. The summed E-state index contributed by atoms with van der Waals surface area (Å²) < 4.78 is 0. The van der Waals surface area contributed by atoms with Gasteiger partial charge in [0.2, 0.25) is 0 Å². The molecule has 0 radical (unpaired) electrons. The molecule has 0 aliphatic rings. The molecule has 1 aromatic rings. The molecule has 0 fully saturated rings. The molecule has 60 valence electrons. The predicted octanol–water partition coefficient (Wildman–Crippen LogP) is 2.34. The molecule has 1 heterocycles. The highest BCUT2D eigenvalue weighted by Crippen LogP contribution is 2.25. The average Bonchev–Trinajstić information content (AvgIpc) is 2.10. The molecule has 1 rings (SSSR count). The highest BCUT2D eigenvalue weighted by Gasteiger charge is 2.05. The van der Waals surface area contributed by atoms with Crippen molar-refractivity contribution in [3.05, 3.63) is 20.8 Å². The second kappa shape index (κ2) is 3.24. The van der Waals surface area contributed by atoms with Gasteiger partial charge in [-0.05, 0) is 13.0 Å². The van der Waals surface area contributed by atoms with Crippen LogP contribution in [0, 0.1) is 6.92 Å². The van der Waals surface area contributed by atoms with Crippen LogP contribution in [0.15, 0.2) is 6.07 Å². The largest absolute Gasteiger partial charge is 0.481 e. The normalized spacial score (nSPS) is 10.0. The zero-order valence-corrected chi connectivity index (χ0v) is 7.50. The summed E-state index contributed by atoms with van der Waals surface area (Å²) in [6.45, 7) is 1.87. The van der Waals surface area contributed by atoms with E-state index in [9.17, 15) is 4.79 Å². The maximum Gasteiger partial charge on any atom is 0.308 e. The van der Waals surface area contributed by atoms with Crippen LogP contribution in [0.5, 0.6) is 0 Å². The standard InChI is InChI=1S/C7H7ClO2S/c1-4-6(8)2-5(11-4)3-7(9)10/h2H,3H2,1H3,(H,9,10). The van der Waals surface area contributed by atoms with Crippen LogP contribution in [-0.2, 0) is 11.2 Å². The van der Waals surface area contributed by atoms with Gasteiger partial charge in [-0.1, -0.05) is 11.6 Å². The van der Waals surface area contributed by atoms with Gasteiger partial charge in [0, 0.05) is 9.75 Å². The van der Waals surface area contributed by atoms with Crippen molar-refractivity contribution in [1.29, 1.82) is 0 Å². The molecular weight excluding hydrogens is 184 g/mol. The third-order valence-electron chi connectivity index (χ3n) is 1.23. The second-order valence-corrected chi connectivity index (χ2v) is 3.94. The number of rotatable bonds is 2. The Kier molecular flexibility index (Phi) is 2.52. The van der Waals surface area contributed by atoms with Crippen LogP contribution in [0.3, 0.4) is 0 Å². The number of thiophene rings is 1. The van der Waals surface area contributed by atoms with Gasteiger partial charge in [-0.3, -0.25) is 4.79 Å². The van der Waals surface area contributed by atoms with Gasteiger partial charge in [-0.2, -0.15) is 0 Å². The van der Waals surface area contributed by atoms with Crippen molar-refractivity contribution in [2.75, 3.05) is 0 Å². The number of hydrogen-bond acceptors (Lipinski definition) is 2. The Morgan fingerprint density at radius 3 is 2.82 bits per heavy atom. The lowest BCUT2D eigenvalue weighted by Gasteiger charge is -1.85. The van der Waals surface area contributed by atoms with Gasteiger partial charge in [-0.25, -0.2) is 0 Å². The summed E-state index contributed by atoms with van der Waals surface area (Å²) in [6, 6.07) is 1.70. The van der Waals surface area contributed by atoms with E-state index < -0.39 is 5.97 Å². The molecule has 0 aliphatic heterocycles. The van der Waals surface area contributed by atoms with E-state index in [-0.39, 0.29) is 6.42 Å². The molecule has 0 aromatic carbocycles. The molecule has 4 heteroatoms. The van der Waals surface area contributed by atoms with Crippen LogP contribution in [0.1, 0.15) is 9.75 Å². The Morgan fingerprint density at radius 2 is 2.45 bits per heavy atom. The van der Waals surface area contributed by atoms with E-state index >= 15 is 0 Å². The third kappa shape index (κ3) is 2.20. The minimum atomic E-state index is -0.817. The minimum Gasteiger partial charge on any atom is -0.481 e. The molecule has 0 atom stereocenters. The van der Waals surface area contributed by atoms with Crippen molar-refractivity contribution in [3.63, 3.8) is 0 Å². The van der Waals surface area contributed by atoms with Crippen molar-refractivity contribution in [3.8, 4) is 0 Å². The number of aryl methyl sites for hydroxylation is 1. The van der Waals surface area contributed by atoms with E-state index in [0.717, 1.165) is 9.75 Å². The maximum atomic E-state index is 10.3. The van der Waals surface area contributed by atoms with E-state index in [2.05, 4.69) is 0 Å². The molecular formula is C7H7ClO2S. The number of carbonyl (C=O) groups is 1.